The van der Waals surface area contributed by atoms with E-state index in [0.29, 0.717) is 0 Å². The highest BCUT2D eigenvalue weighted by Crippen LogP contribution is 2.24. The van der Waals surface area contributed by atoms with Crippen LogP contribution < -0.4 is 10.6 Å². The second-order valence-corrected chi connectivity index (χ2v) is 5.51. The normalized spacial score (nSPS) is 16.9. The summed E-state index contributed by atoms with van der Waals surface area (Å²) in [5.41, 5.74) is 2.84. The van der Waals surface area contributed by atoms with Gasteiger partial charge in [-0.15, -0.1) is 24.0 Å². The molecular weight excluding hydrogens is 365 g/mol. The molecular formula is C15H24IN3O. The molecule has 0 bridgehead atoms. The smallest absolute Gasteiger partial charge is 0.191 e. The van der Waals surface area contributed by atoms with Gasteiger partial charge in [0.2, 0.25) is 0 Å². The Balaban J connectivity index is 0.00000200. The minimum absolute atomic E-state index is 0. The summed E-state index contributed by atoms with van der Waals surface area (Å²) in [5, 5.41) is 6.71. The van der Waals surface area contributed by atoms with Gasteiger partial charge in [0, 0.05) is 25.6 Å². The van der Waals surface area contributed by atoms with Gasteiger partial charge in [0.1, 0.15) is 0 Å². The van der Waals surface area contributed by atoms with Crippen LogP contribution in [0.1, 0.15) is 18.1 Å². The lowest BCUT2D eigenvalue weighted by Gasteiger charge is -2.38. The summed E-state index contributed by atoms with van der Waals surface area (Å²) in [6.45, 7) is 7.68. The highest BCUT2D eigenvalue weighted by molar-refractivity contribution is 14.0. The average Bonchev–Trinajstić information content (AvgIpc) is 2.38. The summed E-state index contributed by atoms with van der Waals surface area (Å²) in [6.07, 6.45) is 0. The Morgan fingerprint density at radius 1 is 1.30 bits per heavy atom. The van der Waals surface area contributed by atoms with Crippen molar-refractivity contribution < 1.29 is 4.74 Å². The number of aryl methyl sites for hydroxylation is 1. The Morgan fingerprint density at radius 2 is 2.00 bits per heavy atom. The van der Waals surface area contributed by atoms with Crippen molar-refractivity contribution in [1.82, 2.24) is 10.6 Å². The monoisotopic (exact) mass is 389 g/mol. The highest BCUT2D eigenvalue weighted by Gasteiger charge is 2.33. The number of rotatable bonds is 4. The third-order valence-corrected chi connectivity index (χ3v) is 3.51. The van der Waals surface area contributed by atoms with Crippen molar-refractivity contribution in [3.05, 3.63) is 35.4 Å². The van der Waals surface area contributed by atoms with Gasteiger partial charge in [-0.05, 0) is 18.1 Å². The molecule has 0 unspecified atom stereocenters. The van der Waals surface area contributed by atoms with E-state index in [1.54, 1.807) is 7.05 Å². The molecule has 2 rings (SSSR count). The van der Waals surface area contributed by atoms with Crippen LogP contribution >= 0.6 is 24.0 Å². The van der Waals surface area contributed by atoms with Crippen LogP contribution in [0, 0.1) is 12.3 Å². The molecule has 1 saturated heterocycles. The largest absolute Gasteiger partial charge is 0.380 e. The predicted molar refractivity (Wildman–Crippen MR) is 93.7 cm³/mol. The number of guanidine groups is 1. The SMILES string of the molecule is CN=C(NCc1ccccc1C)NCC1(C)COC1.I. The van der Waals surface area contributed by atoms with E-state index >= 15 is 0 Å². The van der Waals surface area contributed by atoms with Gasteiger partial charge in [0.25, 0.3) is 0 Å². The zero-order chi connectivity index (χ0) is 13.7. The molecule has 112 valence electrons. The maximum absolute atomic E-state index is 5.25. The maximum Gasteiger partial charge on any atom is 0.191 e. The minimum atomic E-state index is 0. The number of hydrogen-bond donors (Lipinski definition) is 2. The lowest BCUT2D eigenvalue weighted by atomic mass is 9.89. The van der Waals surface area contributed by atoms with Crippen LogP contribution in [0.25, 0.3) is 0 Å². The van der Waals surface area contributed by atoms with E-state index in [2.05, 4.69) is 53.7 Å². The maximum atomic E-state index is 5.25. The first-order valence-corrected chi connectivity index (χ1v) is 6.70. The average molecular weight is 389 g/mol. The lowest BCUT2D eigenvalue weighted by molar-refractivity contribution is -0.0971. The fourth-order valence-electron chi connectivity index (χ4n) is 2.06. The summed E-state index contributed by atoms with van der Waals surface area (Å²) >= 11 is 0. The number of hydrogen-bond acceptors (Lipinski definition) is 2. The summed E-state index contributed by atoms with van der Waals surface area (Å²) in [7, 11) is 1.80. The first kappa shape index (κ1) is 17.2. The molecule has 0 aliphatic carbocycles. The molecule has 0 amide bonds. The van der Waals surface area contributed by atoms with Crippen LogP contribution in [0.5, 0.6) is 0 Å². The zero-order valence-electron chi connectivity index (χ0n) is 12.4. The molecule has 0 aromatic heterocycles. The van der Waals surface area contributed by atoms with Crippen molar-refractivity contribution in [3.8, 4) is 0 Å². The van der Waals surface area contributed by atoms with Gasteiger partial charge in [0.05, 0.1) is 13.2 Å². The van der Waals surface area contributed by atoms with Crippen molar-refractivity contribution in [2.24, 2.45) is 10.4 Å². The molecule has 1 aliphatic heterocycles. The minimum Gasteiger partial charge on any atom is -0.380 e. The van der Waals surface area contributed by atoms with Crippen molar-refractivity contribution in [2.45, 2.75) is 20.4 Å². The molecule has 5 heteroatoms. The number of aliphatic imine (C=N–C) groups is 1. The van der Waals surface area contributed by atoms with E-state index in [4.69, 9.17) is 4.74 Å². The summed E-state index contributed by atoms with van der Waals surface area (Å²) in [6, 6.07) is 8.38. The number of halogens is 1. The number of ether oxygens (including phenoxy) is 1. The Bertz CT molecular complexity index is 458. The topological polar surface area (TPSA) is 45.7 Å². The number of nitrogens with one attached hydrogen (secondary N) is 2. The van der Waals surface area contributed by atoms with Crippen molar-refractivity contribution in [1.29, 1.82) is 0 Å². The number of nitrogens with zero attached hydrogens (tertiary/aromatic N) is 1. The van der Waals surface area contributed by atoms with E-state index in [-0.39, 0.29) is 29.4 Å². The lowest BCUT2D eigenvalue weighted by Crippen LogP contribution is -2.50. The fourth-order valence-corrected chi connectivity index (χ4v) is 2.06. The second-order valence-electron chi connectivity index (χ2n) is 5.51. The predicted octanol–water partition coefficient (Wildman–Crippen LogP) is 2.31. The molecule has 1 aliphatic rings. The Morgan fingerprint density at radius 3 is 2.55 bits per heavy atom. The quantitative estimate of drug-likeness (QED) is 0.472. The van der Waals surface area contributed by atoms with Crippen molar-refractivity contribution in [3.63, 3.8) is 0 Å². The van der Waals surface area contributed by atoms with Crippen LogP contribution in [0.3, 0.4) is 0 Å². The molecule has 20 heavy (non-hydrogen) atoms. The Kier molecular flexibility index (Phi) is 6.75. The zero-order valence-corrected chi connectivity index (χ0v) is 14.7. The summed E-state index contributed by atoms with van der Waals surface area (Å²) in [5.74, 6) is 0.844. The van der Waals surface area contributed by atoms with Crippen LogP contribution in [-0.2, 0) is 11.3 Å². The van der Waals surface area contributed by atoms with E-state index in [1.165, 1.54) is 11.1 Å². The van der Waals surface area contributed by atoms with E-state index in [9.17, 15) is 0 Å². The molecule has 1 heterocycles. The van der Waals surface area contributed by atoms with Gasteiger partial charge in [-0.1, -0.05) is 31.2 Å². The molecule has 4 nitrogen and oxygen atoms in total. The molecule has 2 N–H and O–H groups in total. The van der Waals surface area contributed by atoms with Gasteiger partial charge >= 0.3 is 0 Å². The van der Waals surface area contributed by atoms with Gasteiger partial charge in [-0.25, -0.2) is 0 Å². The first-order chi connectivity index (χ1) is 9.13. The van der Waals surface area contributed by atoms with Crippen LogP contribution in [0.2, 0.25) is 0 Å². The molecule has 1 fully saturated rings. The first-order valence-electron chi connectivity index (χ1n) is 6.70. The van der Waals surface area contributed by atoms with E-state index < -0.39 is 0 Å². The van der Waals surface area contributed by atoms with Gasteiger partial charge in [0.15, 0.2) is 5.96 Å². The third-order valence-electron chi connectivity index (χ3n) is 3.51. The Hall–Kier alpha value is -0.820. The second kappa shape index (κ2) is 7.83. The van der Waals surface area contributed by atoms with Gasteiger partial charge in [-0.2, -0.15) is 0 Å². The summed E-state index contributed by atoms with van der Waals surface area (Å²) in [4.78, 5) is 4.25. The van der Waals surface area contributed by atoms with E-state index in [0.717, 1.165) is 32.3 Å². The van der Waals surface area contributed by atoms with Crippen molar-refractivity contribution in [2.75, 3.05) is 26.8 Å². The Labute approximate surface area is 138 Å². The van der Waals surface area contributed by atoms with Crippen molar-refractivity contribution >= 4 is 29.9 Å². The molecule has 0 radical (unpaired) electrons. The number of benzene rings is 1. The molecule has 0 atom stereocenters. The molecule has 1 aromatic rings. The van der Waals surface area contributed by atoms with Gasteiger partial charge in [-0.3, -0.25) is 4.99 Å². The fraction of sp³-hybridized carbons (Fsp3) is 0.533. The molecule has 0 saturated carbocycles. The van der Waals surface area contributed by atoms with Crippen LogP contribution in [0.15, 0.2) is 29.3 Å². The summed E-state index contributed by atoms with van der Waals surface area (Å²) < 4.78 is 5.25. The van der Waals surface area contributed by atoms with E-state index in [1.807, 2.05) is 0 Å². The standard InChI is InChI=1S/C15H23N3O.HI/c1-12-6-4-5-7-13(12)8-17-14(16-3)18-9-15(2)10-19-11-15;/h4-7H,8-11H2,1-3H3,(H2,16,17,18);1H. The third kappa shape index (κ3) is 4.63. The van der Waals surface area contributed by atoms with Crippen LogP contribution in [0.4, 0.5) is 0 Å². The van der Waals surface area contributed by atoms with Gasteiger partial charge < -0.3 is 15.4 Å². The molecule has 1 aromatic carbocycles. The van der Waals surface area contributed by atoms with Crippen LogP contribution in [-0.4, -0.2) is 32.8 Å². The highest BCUT2D eigenvalue weighted by atomic mass is 127. The molecule has 0 spiro atoms.